The molecular formula is C11H11FS. The second-order valence-electron chi connectivity index (χ2n) is 3.16. The van der Waals surface area contributed by atoms with E-state index in [9.17, 15) is 4.39 Å². The van der Waals surface area contributed by atoms with Crippen molar-refractivity contribution < 1.29 is 4.39 Å². The van der Waals surface area contributed by atoms with Gasteiger partial charge in [0.2, 0.25) is 0 Å². The van der Waals surface area contributed by atoms with Crippen LogP contribution in [0, 0.1) is 12.7 Å². The van der Waals surface area contributed by atoms with Gasteiger partial charge in [-0.15, -0.1) is 11.3 Å². The Morgan fingerprint density at radius 1 is 1.38 bits per heavy atom. The van der Waals surface area contributed by atoms with Crippen molar-refractivity contribution >= 4 is 21.4 Å². The molecule has 0 atom stereocenters. The van der Waals surface area contributed by atoms with E-state index >= 15 is 0 Å². The molecule has 0 bridgehead atoms. The summed E-state index contributed by atoms with van der Waals surface area (Å²) >= 11 is 1.53. The number of benzene rings is 1. The Morgan fingerprint density at radius 3 is 2.85 bits per heavy atom. The molecule has 0 spiro atoms. The quantitative estimate of drug-likeness (QED) is 0.645. The van der Waals surface area contributed by atoms with Crippen molar-refractivity contribution in [2.75, 3.05) is 0 Å². The third kappa shape index (κ3) is 1.35. The second-order valence-corrected chi connectivity index (χ2v) is 4.42. The van der Waals surface area contributed by atoms with Gasteiger partial charge in [0.1, 0.15) is 5.82 Å². The van der Waals surface area contributed by atoms with Crippen LogP contribution in [0.15, 0.2) is 18.2 Å². The zero-order valence-electron chi connectivity index (χ0n) is 7.73. The first kappa shape index (κ1) is 8.70. The first-order valence-electron chi connectivity index (χ1n) is 4.40. The number of halogens is 1. The lowest BCUT2D eigenvalue weighted by molar-refractivity contribution is 0.641. The minimum atomic E-state index is -0.0923. The summed E-state index contributed by atoms with van der Waals surface area (Å²) in [4.78, 5) is 1.18. The standard InChI is InChI=1S/C11H11FS/c1-3-8-4-5-10(12)11-9(8)6-7(2)13-11/h4-6H,3H2,1-2H3. The van der Waals surface area contributed by atoms with Crippen LogP contribution >= 0.6 is 11.3 Å². The predicted molar refractivity (Wildman–Crippen MR) is 55.9 cm³/mol. The van der Waals surface area contributed by atoms with Gasteiger partial charge in [-0.2, -0.15) is 0 Å². The van der Waals surface area contributed by atoms with Gasteiger partial charge in [0.05, 0.1) is 4.70 Å². The van der Waals surface area contributed by atoms with E-state index in [1.165, 1.54) is 21.8 Å². The van der Waals surface area contributed by atoms with Gasteiger partial charge >= 0.3 is 0 Å². The Kier molecular flexibility index (Phi) is 2.08. The van der Waals surface area contributed by atoms with E-state index in [0.717, 1.165) is 16.5 Å². The zero-order chi connectivity index (χ0) is 9.42. The molecule has 1 aromatic heterocycles. The highest BCUT2D eigenvalue weighted by molar-refractivity contribution is 7.19. The molecule has 1 aromatic carbocycles. The summed E-state index contributed by atoms with van der Waals surface area (Å²) < 4.78 is 14.1. The van der Waals surface area contributed by atoms with E-state index in [4.69, 9.17) is 0 Å². The van der Waals surface area contributed by atoms with E-state index < -0.39 is 0 Å². The van der Waals surface area contributed by atoms with E-state index in [2.05, 4.69) is 13.0 Å². The number of rotatable bonds is 1. The Balaban J connectivity index is 2.83. The number of hydrogen-bond donors (Lipinski definition) is 0. The fourth-order valence-corrected chi connectivity index (χ4v) is 2.54. The van der Waals surface area contributed by atoms with E-state index in [1.807, 2.05) is 13.0 Å². The molecule has 13 heavy (non-hydrogen) atoms. The van der Waals surface area contributed by atoms with Crippen LogP contribution in [-0.4, -0.2) is 0 Å². The molecule has 0 N–H and O–H groups in total. The number of fused-ring (bicyclic) bond motifs is 1. The molecule has 0 saturated heterocycles. The third-order valence-electron chi connectivity index (χ3n) is 2.23. The molecule has 2 aromatic rings. The molecule has 0 aliphatic heterocycles. The SMILES string of the molecule is CCc1ccc(F)c2sc(C)cc12. The van der Waals surface area contributed by atoms with Crippen LogP contribution in [0.25, 0.3) is 10.1 Å². The first-order valence-corrected chi connectivity index (χ1v) is 5.21. The van der Waals surface area contributed by atoms with Crippen LogP contribution in [0.1, 0.15) is 17.4 Å². The molecule has 0 amide bonds. The van der Waals surface area contributed by atoms with Gasteiger partial charge in [-0.1, -0.05) is 13.0 Å². The topological polar surface area (TPSA) is 0 Å². The molecule has 0 unspecified atom stereocenters. The van der Waals surface area contributed by atoms with Crippen LogP contribution in [0.3, 0.4) is 0 Å². The predicted octanol–water partition coefficient (Wildman–Crippen LogP) is 3.91. The van der Waals surface area contributed by atoms with Gasteiger partial charge in [0.15, 0.2) is 0 Å². The average Bonchev–Trinajstić information content (AvgIpc) is 2.48. The van der Waals surface area contributed by atoms with Crippen LogP contribution in [0.4, 0.5) is 4.39 Å². The van der Waals surface area contributed by atoms with Crippen molar-refractivity contribution in [3.8, 4) is 0 Å². The van der Waals surface area contributed by atoms with Crippen molar-refractivity contribution in [1.29, 1.82) is 0 Å². The van der Waals surface area contributed by atoms with Gasteiger partial charge in [0.25, 0.3) is 0 Å². The summed E-state index contributed by atoms with van der Waals surface area (Å²) in [6, 6.07) is 5.52. The number of hydrogen-bond acceptors (Lipinski definition) is 1. The van der Waals surface area contributed by atoms with Crippen molar-refractivity contribution in [3.63, 3.8) is 0 Å². The lowest BCUT2D eigenvalue weighted by atomic mass is 10.1. The highest BCUT2D eigenvalue weighted by Gasteiger charge is 2.07. The maximum Gasteiger partial charge on any atom is 0.141 e. The summed E-state index contributed by atoms with van der Waals surface area (Å²) in [5.41, 5.74) is 1.24. The molecule has 68 valence electrons. The van der Waals surface area contributed by atoms with Crippen LogP contribution in [-0.2, 0) is 6.42 Å². The summed E-state index contributed by atoms with van der Waals surface area (Å²) in [5, 5.41) is 1.09. The number of thiophene rings is 1. The maximum absolute atomic E-state index is 13.3. The first-order chi connectivity index (χ1) is 6.22. The minimum absolute atomic E-state index is 0.0923. The zero-order valence-corrected chi connectivity index (χ0v) is 8.54. The van der Waals surface area contributed by atoms with Gasteiger partial charge in [-0.05, 0) is 36.4 Å². The Bertz CT molecular complexity index is 443. The molecule has 0 fully saturated rings. The minimum Gasteiger partial charge on any atom is -0.205 e. The molecular weight excluding hydrogens is 183 g/mol. The normalized spacial score (nSPS) is 11.0. The molecule has 2 rings (SSSR count). The summed E-state index contributed by atoms with van der Waals surface area (Å²) in [6.07, 6.45) is 0.965. The largest absolute Gasteiger partial charge is 0.205 e. The second kappa shape index (κ2) is 3.11. The van der Waals surface area contributed by atoms with Crippen molar-refractivity contribution in [1.82, 2.24) is 0 Å². The van der Waals surface area contributed by atoms with Crippen LogP contribution < -0.4 is 0 Å². The molecule has 0 aliphatic rings. The van der Waals surface area contributed by atoms with Crippen LogP contribution in [0.5, 0.6) is 0 Å². The highest BCUT2D eigenvalue weighted by atomic mass is 32.1. The lowest BCUT2D eigenvalue weighted by Crippen LogP contribution is -1.82. The van der Waals surface area contributed by atoms with E-state index in [0.29, 0.717) is 0 Å². The van der Waals surface area contributed by atoms with Gasteiger partial charge < -0.3 is 0 Å². The molecule has 0 radical (unpaired) electrons. The van der Waals surface area contributed by atoms with Gasteiger partial charge in [0, 0.05) is 4.88 Å². The molecule has 0 saturated carbocycles. The molecule has 0 aliphatic carbocycles. The fourth-order valence-electron chi connectivity index (χ4n) is 1.58. The van der Waals surface area contributed by atoms with Crippen LogP contribution in [0.2, 0.25) is 0 Å². The van der Waals surface area contributed by atoms with Crippen molar-refractivity contribution in [2.24, 2.45) is 0 Å². The third-order valence-corrected chi connectivity index (χ3v) is 3.29. The smallest absolute Gasteiger partial charge is 0.141 e. The summed E-state index contributed by atoms with van der Waals surface area (Å²) in [6.45, 7) is 4.11. The average molecular weight is 194 g/mol. The Labute approximate surface area is 81.0 Å². The highest BCUT2D eigenvalue weighted by Crippen LogP contribution is 2.30. The lowest BCUT2D eigenvalue weighted by Gasteiger charge is -1.98. The summed E-state index contributed by atoms with van der Waals surface area (Å²) in [5.74, 6) is -0.0923. The molecule has 1 heterocycles. The van der Waals surface area contributed by atoms with Gasteiger partial charge in [-0.3, -0.25) is 0 Å². The monoisotopic (exact) mass is 194 g/mol. The van der Waals surface area contributed by atoms with E-state index in [-0.39, 0.29) is 5.82 Å². The Morgan fingerprint density at radius 2 is 2.15 bits per heavy atom. The van der Waals surface area contributed by atoms with Crippen molar-refractivity contribution in [3.05, 3.63) is 34.5 Å². The molecule has 2 heteroatoms. The summed E-state index contributed by atoms with van der Waals surface area (Å²) in [7, 11) is 0. The Hall–Kier alpha value is -0.890. The fraction of sp³-hybridized carbons (Fsp3) is 0.273. The number of aryl methyl sites for hydroxylation is 2. The van der Waals surface area contributed by atoms with Gasteiger partial charge in [-0.25, -0.2) is 4.39 Å². The molecule has 0 nitrogen and oxygen atoms in total. The maximum atomic E-state index is 13.3. The van der Waals surface area contributed by atoms with Crippen molar-refractivity contribution in [2.45, 2.75) is 20.3 Å². The van der Waals surface area contributed by atoms with E-state index in [1.54, 1.807) is 6.07 Å².